The SMILES string of the molecule is C=C/C=C\c1oc2c(-c3cc4c(c5ccccc35)C=CCC4)ccc(-c3nc(-c4ccccc4)nc(C4C=CC=CC4)n3)c2c1C. The average Bonchev–Trinajstić information content (AvgIpc) is 3.46. The Morgan fingerprint density at radius 1 is 0.826 bits per heavy atom. The van der Waals surface area contributed by atoms with E-state index in [1.54, 1.807) is 6.08 Å². The summed E-state index contributed by atoms with van der Waals surface area (Å²) >= 11 is 0. The number of nitrogens with zero attached hydrogens (tertiary/aromatic N) is 3. The average molecular weight is 596 g/mol. The Morgan fingerprint density at radius 2 is 1.63 bits per heavy atom. The molecular weight excluding hydrogens is 562 g/mol. The molecule has 46 heavy (non-hydrogen) atoms. The van der Waals surface area contributed by atoms with Crippen LogP contribution in [-0.2, 0) is 6.42 Å². The van der Waals surface area contributed by atoms with Crippen molar-refractivity contribution in [3.63, 3.8) is 0 Å². The third-order valence-corrected chi connectivity index (χ3v) is 9.06. The zero-order chi connectivity index (χ0) is 31.0. The molecule has 1 unspecified atom stereocenters. The lowest BCUT2D eigenvalue weighted by Gasteiger charge is -2.18. The maximum atomic E-state index is 6.76. The van der Waals surface area contributed by atoms with Gasteiger partial charge >= 0.3 is 0 Å². The van der Waals surface area contributed by atoms with Crippen LogP contribution in [0.2, 0.25) is 0 Å². The largest absolute Gasteiger partial charge is 0.456 e. The molecule has 0 fully saturated rings. The van der Waals surface area contributed by atoms with Crippen molar-refractivity contribution < 1.29 is 4.42 Å². The first-order valence-electron chi connectivity index (χ1n) is 15.9. The number of fused-ring (bicyclic) bond motifs is 4. The topological polar surface area (TPSA) is 51.8 Å². The monoisotopic (exact) mass is 595 g/mol. The van der Waals surface area contributed by atoms with Crippen LogP contribution in [0, 0.1) is 6.92 Å². The van der Waals surface area contributed by atoms with E-state index in [0.29, 0.717) is 11.6 Å². The number of hydrogen-bond acceptors (Lipinski definition) is 4. The predicted octanol–water partition coefficient (Wildman–Crippen LogP) is 10.8. The smallest absolute Gasteiger partial charge is 0.164 e. The molecule has 2 aromatic heterocycles. The summed E-state index contributed by atoms with van der Waals surface area (Å²) in [5.74, 6) is 2.96. The first kappa shape index (κ1) is 27.9. The Bertz CT molecular complexity index is 2270. The lowest BCUT2D eigenvalue weighted by molar-refractivity contribution is 0.602. The number of aryl methyl sites for hydroxylation is 2. The van der Waals surface area contributed by atoms with Crippen LogP contribution in [0.1, 0.15) is 47.0 Å². The van der Waals surface area contributed by atoms with Crippen LogP contribution in [0.25, 0.3) is 67.8 Å². The number of rotatable bonds is 6. The zero-order valence-corrected chi connectivity index (χ0v) is 25.8. The highest BCUT2D eigenvalue weighted by molar-refractivity contribution is 6.10. The molecule has 1 atom stereocenters. The molecule has 0 spiro atoms. The van der Waals surface area contributed by atoms with Gasteiger partial charge in [0.25, 0.3) is 0 Å². The number of benzene rings is 4. The summed E-state index contributed by atoms with van der Waals surface area (Å²) in [6.45, 7) is 6.00. The van der Waals surface area contributed by atoms with E-state index >= 15 is 0 Å². The fourth-order valence-corrected chi connectivity index (χ4v) is 6.77. The number of allylic oxidation sites excluding steroid dienone is 7. The number of furan rings is 1. The Hall–Kier alpha value is -5.61. The summed E-state index contributed by atoms with van der Waals surface area (Å²) < 4.78 is 6.76. The maximum absolute atomic E-state index is 6.76. The molecule has 8 rings (SSSR count). The fourth-order valence-electron chi connectivity index (χ4n) is 6.77. The van der Waals surface area contributed by atoms with Gasteiger partial charge in [-0.2, -0.15) is 0 Å². The van der Waals surface area contributed by atoms with Crippen LogP contribution in [0.3, 0.4) is 0 Å². The van der Waals surface area contributed by atoms with E-state index in [-0.39, 0.29) is 5.92 Å². The van der Waals surface area contributed by atoms with E-state index in [0.717, 1.165) is 64.1 Å². The van der Waals surface area contributed by atoms with Crippen LogP contribution in [0.15, 0.2) is 126 Å². The second-order valence-corrected chi connectivity index (χ2v) is 11.9. The Labute approximate surface area is 268 Å². The van der Waals surface area contributed by atoms with Crippen LogP contribution in [0.4, 0.5) is 0 Å². The number of hydrogen-bond donors (Lipinski definition) is 0. The second kappa shape index (κ2) is 11.7. The molecule has 2 aliphatic carbocycles. The van der Waals surface area contributed by atoms with Crippen molar-refractivity contribution in [3.8, 4) is 33.9 Å². The van der Waals surface area contributed by atoms with Gasteiger partial charge in [0.2, 0.25) is 0 Å². The van der Waals surface area contributed by atoms with E-state index in [9.17, 15) is 0 Å². The third kappa shape index (κ3) is 4.83. The number of aromatic nitrogens is 3. The van der Waals surface area contributed by atoms with E-state index in [2.05, 4.69) is 105 Å². The van der Waals surface area contributed by atoms with Gasteiger partial charge in [-0.05, 0) is 77.9 Å². The summed E-state index contributed by atoms with van der Waals surface area (Å²) in [6.07, 6.45) is 21.6. The van der Waals surface area contributed by atoms with Gasteiger partial charge < -0.3 is 4.42 Å². The van der Waals surface area contributed by atoms with Crippen LogP contribution >= 0.6 is 0 Å². The van der Waals surface area contributed by atoms with Crippen LogP contribution < -0.4 is 0 Å². The molecule has 0 bridgehead atoms. The van der Waals surface area contributed by atoms with Gasteiger partial charge in [0.05, 0.1) is 0 Å². The molecule has 6 aromatic rings. The van der Waals surface area contributed by atoms with Gasteiger partial charge in [-0.15, -0.1) is 0 Å². The highest BCUT2D eigenvalue weighted by Gasteiger charge is 2.24. The fraction of sp³-hybridized carbons (Fsp3) is 0.119. The van der Waals surface area contributed by atoms with Gasteiger partial charge in [-0.25, -0.2) is 15.0 Å². The summed E-state index contributed by atoms with van der Waals surface area (Å²) in [6, 6.07) is 25.6. The first-order valence-corrected chi connectivity index (χ1v) is 15.9. The van der Waals surface area contributed by atoms with Crippen molar-refractivity contribution in [2.45, 2.75) is 32.1 Å². The molecule has 4 nitrogen and oxygen atoms in total. The molecule has 0 aliphatic heterocycles. The first-order chi connectivity index (χ1) is 22.7. The highest BCUT2D eigenvalue weighted by Crippen LogP contribution is 2.44. The molecule has 4 aromatic carbocycles. The summed E-state index contributed by atoms with van der Waals surface area (Å²) in [4.78, 5) is 15.2. The van der Waals surface area contributed by atoms with Crippen molar-refractivity contribution in [2.24, 2.45) is 0 Å². The Kier molecular flexibility index (Phi) is 7.11. The van der Waals surface area contributed by atoms with E-state index in [1.165, 1.54) is 27.5 Å². The molecular formula is C42H33N3O. The minimum Gasteiger partial charge on any atom is -0.456 e. The molecule has 2 heterocycles. The van der Waals surface area contributed by atoms with Gasteiger partial charge in [0, 0.05) is 33.6 Å². The minimum absolute atomic E-state index is 0.0800. The minimum atomic E-state index is 0.0800. The summed E-state index contributed by atoms with van der Waals surface area (Å²) in [5, 5.41) is 3.49. The van der Waals surface area contributed by atoms with E-state index in [4.69, 9.17) is 19.4 Å². The standard InChI is InChI=1S/C42H33N3O/c1-3-4-23-37-27(2)38-35(42-44-40(28-15-7-5-8-16-28)43-41(45-42)29-17-9-6-10-18-29)25-24-34(39(38)46-37)36-26-30-19-11-12-20-31(30)32-21-13-14-22-33(32)36/h3-10,12-17,20-26,29H,1,11,18-19H2,2H3/b23-4-. The van der Waals surface area contributed by atoms with Gasteiger partial charge in [-0.3, -0.25) is 0 Å². The highest BCUT2D eigenvalue weighted by atomic mass is 16.3. The molecule has 4 heteroatoms. The molecule has 0 saturated heterocycles. The second-order valence-electron chi connectivity index (χ2n) is 11.9. The lowest BCUT2D eigenvalue weighted by Crippen LogP contribution is -2.08. The quantitative estimate of drug-likeness (QED) is 0.180. The molecule has 0 N–H and O–H groups in total. The van der Waals surface area contributed by atoms with Crippen molar-refractivity contribution in [2.75, 3.05) is 0 Å². The normalized spacial score (nSPS) is 15.6. The van der Waals surface area contributed by atoms with Gasteiger partial charge in [0.1, 0.15) is 17.2 Å². The van der Waals surface area contributed by atoms with Crippen LogP contribution in [0.5, 0.6) is 0 Å². The molecule has 0 amide bonds. The molecule has 0 saturated carbocycles. The van der Waals surface area contributed by atoms with Crippen molar-refractivity contribution in [3.05, 3.63) is 150 Å². The van der Waals surface area contributed by atoms with Crippen molar-refractivity contribution in [1.29, 1.82) is 0 Å². The Balaban J connectivity index is 1.40. The van der Waals surface area contributed by atoms with Gasteiger partial charge in [-0.1, -0.05) is 110 Å². The molecule has 2 aliphatic rings. The predicted molar refractivity (Wildman–Crippen MR) is 190 cm³/mol. The lowest BCUT2D eigenvalue weighted by atomic mass is 9.86. The maximum Gasteiger partial charge on any atom is 0.164 e. The van der Waals surface area contributed by atoms with Gasteiger partial charge in [0.15, 0.2) is 11.6 Å². The Morgan fingerprint density at radius 3 is 2.46 bits per heavy atom. The zero-order valence-electron chi connectivity index (χ0n) is 25.8. The van der Waals surface area contributed by atoms with E-state index < -0.39 is 0 Å². The molecule has 222 valence electrons. The third-order valence-electron chi connectivity index (χ3n) is 9.06. The van der Waals surface area contributed by atoms with Crippen molar-refractivity contribution in [1.82, 2.24) is 15.0 Å². The van der Waals surface area contributed by atoms with Crippen LogP contribution in [-0.4, -0.2) is 15.0 Å². The summed E-state index contributed by atoms with van der Waals surface area (Å²) in [7, 11) is 0. The van der Waals surface area contributed by atoms with E-state index in [1.807, 2.05) is 30.4 Å². The molecule has 0 radical (unpaired) electrons. The summed E-state index contributed by atoms with van der Waals surface area (Å²) in [5.41, 5.74) is 8.69. The van der Waals surface area contributed by atoms with Crippen molar-refractivity contribution >= 4 is 33.9 Å².